The Labute approximate surface area is 433 Å². The van der Waals surface area contributed by atoms with Crippen molar-refractivity contribution >= 4 is 116 Å². The molecule has 7 heterocycles. The average Bonchev–Trinajstić information content (AvgIpc) is 4.38. The van der Waals surface area contributed by atoms with Crippen LogP contribution >= 0.6 is 0 Å². The Morgan fingerprint density at radius 2 is 0.776 bits per heavy atom. The molecule has 0 aliphatic carbocycles. The van der Waals surface area contributed by atoms with Gasteiger partial charge in [0.1, 0.15) is 28.5 Å². The molecule has 0 amide bonds. The lowest BCUT2D eigenvalue weighted by Gasteiger charge is -2.33. The van der Waals surface area contributed by atoms with E-state index in [2.05, 4.69) is 247 Å². The van der Waals surface area contributed by atoms with Gasteiger partial charge in [0, 0.05) is 61.3 Å². The second-order valence-electron chi connectivity index (χ2n) is 20.3. The maximum atomic E-state index is 6.80. The summed E-state index contributed by atoms with van der Waals surface area (Å²) in [5, 5.41) is 7.10. The monoisotopic (exact) mass is 970 g/mol. The van der Waals surface area contributed by atoms with Gasteiger partial charge >= 0.3 is 0 Å². The first kappa shape index (κ1) is 40.3. The van der Waals surface area contributed by atoms with Gasteiger partial charge in [-0.2, -0.15) is 0 Å². The van der Waals surface area contributed by atoms with E-state index >= 15 is 0 Å². The molecule has 18 rings (SSSR count). The van der Waals surface area contributed by atoms with Crippen LogP contribution in [0.3, 0.4) is 0 Å². The Balaban J connectivity index is 0.849. The fourth-order valence-corrected chi connectivity index (χ4v) is 13.3. The third-order valence-corrected chi connectivity index (χ3v) is 16.4. The summed E-state index contributed by atoms with van der Waals surface area (Å²) >= 11 is 0. The summed E-state index contributed by atoms with van der Waals surface area (Å²) in [6.07, 6.45) is 0. The van der Waals surface area contributed by atoms with Crippen molar-refractivity contribution in [1.82, 2.24) is 27.7 Å². The summed E-state index contributed by atoms with van der Waals surface area (Å²) in [6.45, 7) is 0.00476. The highest BCUT2D eigenvalue weighted by molar-refractivity contribution is 6.98. The fraction of sp³-hybridized carbons (Fsp3) is 0. The predicted octanol–water partition coefficient (Wildman–Crippen LogP) is 14.5. The molecule has 0 spiro atoms. The van der Waals surface area contributed by atoms with Crippen LogP contribution in [0.5, 0.6) is 23.0 Å². The Morgan fingerprint density at radius 3 is 1.42 bits per heavy atom. The first-order valence-electron chi connectivity index (χ1n) is 25.9. The molecule has 0 radical (unpaired) electrons. The van der Waals surface area contributed by atoms with Crippen molar-refractivity contribution in [3.63, 3.8) is 0 Å². The summed E-state index contributed by atoms with van der Waals surface area (Å²) < 4.78 is 25.4. The Hall–Kier alpha value is -10.2. The van der Waals surface area contributed by atoms with Crippen molar-refractivity contribution in [2.24, 2.45) is 0 Å². The molecular weight excluding hydrogens is 932 g/mol. The molecule has 0 atom stereocenters. The van der Waals surface area contributed by atoms with Crippen molar-refractivity contribution in [3.05, 3.63) is 237 Å². The molecule has 0 bridgehead atoms. The van der Waals surface area contributed by atoms with Gasteiger partial charge < -0.3 is 23.2 Å². The first-order valence-corrected chi connectivity index (χ1v) is 25.9. The summed E-state index contributed by atoms with van der Waals surface area (Å²) in [7, 11) is 0. The third kappa shape index (κ3) is 5.25. The second-order valence-corrected chi connectivity index (χ2v) is 20.3. The van der Waals surface area contributed by atoms with Crippen LogP contribution in [0.4, 0.5) is 0 Å². The first-order chi connectivity index (χ1) is 37.7. The number of nitrogens with zero attached hydrogens (tertiary/aromatic N) is 6. The van der Waals surface area contributed by atoms with Crippen molar-refractivity contribution in [2.45, 2.75) is 0 Å². The van der Waals surface area contributed by atoms with E-state index in [-0.39, 0.29) is 6.71 Å². The maximum Gasteiger partial charge on any atom is 0.260 e. The summed E-state index contributed by atoms with van der Waals surface area (Å²) in [6, 6.07) is 85.1. The fourth-order valence-electron chi connectivity index (χ4n) is 13.3. The van der Waals surface area contributed by atoms with Crippen LogP contribution in [-0.4, -0.2) is 34.4 Å². The molecule has 11 aromatic carbocycles. The Morgan fingerprint density at radius 1 is 0.303 bits per heavy atom. The zero-order valence-electron chi connectivity index (χ0n) is 40.6. The lowest BCUT2D eigenvalue weighted by atomic mass is 9.35. The van der Waals surface area contributed by atoms with E-state index in [1.807, 2.05) is 12.1 Å². The van der Waals surface area contributed by atoms with E-state index in [9.17, 15) is 0 Å². The van der Waals surface area contributed by atoms with Gasteiger partial charge in [-0.15, -0.1) is 0 Å². The van der Waals surface area contributed by atoms with Crippen LogP contribution in [0.2, 0.25) is 0 Å². The lowest BCUT2D eigenvalue weighted by Crippen LogP contribution is -2.57. The number of benzene rings is 11. The van der Waals surface area contributed by atoms with Crippen LogP contribution in [0.25, 0.3) is 116 Å². The lowest BCUT2D eigenvalue weighted by molar-refractivity contribution is 0.464. The molecule has 0 N–H and O–H groups in total. The van der Waals surface area contributed by atoms with Crippen LogP contribution in [0, 0.1) is 0 Å². The molecule has 2 aliphatic rings. The van der Waals surface area contributed by atoms with Crippen molar-refractivity contribution < 1.29 is 9.47 Å². The van der Waals surface area contributed by atoms with E-state index in [0.717, 1.165) is 128 Å². The van der Waals surface area contributed by atoms with Gasteiger partial charge in [0.2, 0.25) is 5.78 Å². The highest BCUT2D eigenvalue weighted by atomic mass is 16.5. The van der Waals surface area contributed by atoms with E-state index in [1.165, 1.54) is 27.2 Å². The molecule has 76 heavy (non-hydrogen) atoms. The Kier molecular flexibility index (Phi) is 7.79. The number of ether oxygens (including phenoxy) is 2. The number of rotatable bonds is 4. The van der Waals surface area contributed by atoms with E-state index in [1.54, 1.807) is 0 Å². The van der Waals surface area contributed by atoms with Crippen LogP contribution in [-0.2, 0) is 0 Å². The van der Waals surface area contributed by atoms with Gasteiger partial charge in [0.25, 0.3) is 6.71 Å². The number of hydrogen-bond donors (Lipinski definition) is 0. The quantitative estimate of drug-likeness (QED) is 0.165. The van der Waals surface area contributed by atoms with Crippen molar-refractivity contribution in [2.75, 3.05) is 0 Å². The van der Waals surface area contributed by atoms with E-state index in [4.69, 9.17) is 14.5 Å². The number of aromatic nitrogens is 6. The molecule has 0 saturated heterocycles. The molecule has 0 fully saturated rings. The van der Waals surface area contributed by atoms with Gasteiger partial charge in [-0.05, 0) is 108 Å². The van der Waals surface area contributed by atoms with Crippen LogP contribution < -0.4 is 25.9 Å². The normalized spacial score (nSPS) is 12.9. The smallest absolute Gasteiger partial charge is 0.260 e. The van der Waals surface area contributed by atoms with Crippen LogP contribution in [0.1, 0.15) is 0 Å². The molecule has 352 valence electrons. The topological polar surface area (TPSA) is 55.5 Å². The molecule has 0 unspecified atom stereocenters. The minimum Gasteiger partial charge on any atom is -0.458 e. The van der Waals surface area contributed by atoms with Crippen molar-refractivity contribution in [1.29, 1.82) is 0 Å². The van der Waals surface area contributed by atoms with Gasteiger partial charge in [-0.25, -0.2) is 4.98 Å². The van der Waals surface area contributed by atoms with Crippen molar-refractivity contribution in [3.8, 4) is 45.7 Å². The highest BCUT2D eigenvalue weighted by Gasteiger charge is 2.40. The summed E-state index contributed by atoms with van der Waals surface area (Å²) in [4.78, 5) is 5.75. The highest BCUT2D eigenvalue weighted by Crippen LogP contribution is 2.43. The minimum atomic E-state index is 0.00476. The molecule has 16 aromatic rings. The molecule has 0 saturated carbocycles. The number of imidazole rings is 2. The second kappa shape index (κ2) is 14.7. The van der Waals surface area contributed by atoms with E-state index < -0.39 is 0 Å². The van der Waals surface area contributed by atoms with Gasteiger partial charge in [-0.1, -0.05) is 127 Å². The summed E-state index contributed by atoms with van der Waals surface area (Å²) in [5.74, 6) is 4.22. The van der Waals surface area contributed by atoms with Crippen LogP contribution in [0.15, 0.2) is 237 Å². The zero-order chi connectivity index (χ0) is 49.3. The standard InChI is InChI=1S/C67H39BN6O2/c1-7-24-52-44(18-1)45-19-2-8-25-53(45)70(52)40-16-15-17-41(36-40)73-57-28-11-12-29-58(57)74-59-35-33-48-46-20-3-10-27-55(46)72(66(48)65(59)69-67(73)74)42-32-34-56-49(37-42)47-21-4-9-26-54(47)71(56)43-38-62-64-63(39-43)76-61-31-14-6-23-51(61)68(64)50-22-5-13-30-60(50)75-62/h1-39H. The molecular formula is C67H39BN6O2. The van der Waals surface area contributed by atoms with Gasteiger partial charge in [0.05, 0.1) is 61.0 Å². The van der Waals surface area contributed by atoms with Gasteiger partial charge in [-0.3, -0.25) is 8.97 Å². The minimum absolute atomic E-state index is 0.00476. The molecule has 9 heteroatoms. The SMILES string of the molecule is c1cc(-n2c3ccccc3c3ccccc32)cc(-n2c3ccccc3n3c4ccc5c6ccccc6n(-c6ccc7c(c6)c6ccccc6n7-c6cc7c8c(c6)Oc6ccccc6B8c6ccccc6O7)c5c4nc23)c1. The molecule has 8 nitrogen and oxygen atoms in total. The van der Waals surface area contributed by atoms with Gasteiger partial charge in [0.15, 0.2) is 0 Å². The predicted molar refractivity (Wildman–Crippen MR) is 310 cm³/mol. The average molecular weight is 971 g/mol. The third-order valence-electron chi connectivity index (χ3n) is 16.4. The number of para-hydroxylation sites is 8. The largest absolute Gasteiger partial charge is 0.458 e. The molecule has 5 aromatic heterocycles. The number of fused-ring (bicyclic) bond motifs is 19. The maximum absolute atomic E-state index is 6.80. The number of hydrogen-bond acceptors (Lipinski definition) is 3. The zero-order valence-corrected chi connectivity index (χ0v) is 40.6. The van der Waals surface area contributed by atoms with E-state index in [0.29, 0.717) is 0 Å². The molecule has 2 aliphatic heterocycles. The summed E-state index contributed by atoms with van der Waals surface area (Å²) in [5.41, 5.74) is 18.4. The Bertz CT molecular complexity index is 5100.